The fraction of sp³-hybridized carbons (Fsp3) is 0.474. The number of rotatable bonds is 9. The second kappa shape index (κ2) is 10.6. The maximum absolute atomic E-state index is 10.1. The van der Waals surface area contributed by atoms with E-state index in [9.17, 15) is 5.11 Å². The number of nitrogens with one attached hydrogen (secondary N) is 2. The highest BCUT2D eigenvalue weighted by Crippen LogP contribution is 2.08. The number of ether oxygens (including phenoxy) is 1. The van der Waals surface area contributed by atoms with Gasteiger partial charge in [-0.25, -0.2) is 9.98 Å². The molecule has 0 saturated heterocycles. The van der Waals surface area contributed by atoms with Crippen LogP contribution in [0, 0.1) is 13.8 Å². The van der Waals surface area contributed by atoms with Crippen molar-refractivity contribution in [1.29, 1.82) is 0 Å². The molecule has 2 rings (SSSR count). The van der Waals surface area contributed by atoms with Crippen molar-refractivity contribution in [2.24, 2.45) is 4.99 Å². The van der Waals surface area contributed by atoms with Crippen LogP contribution in [0.15, 0.2) is 39.7 Å². The molecule has 0 amide bonds. The largest absolute Gasteiger partial charge is 0.444 e. The van der Waals surface area contributed by atoms with Crippen molar-refractivity contribution in [2.75, 3.05) is 19.7 Å². The molecule has 1 aromatic carbocycles. The number of aryl methyl sites for hydroxylation is 2. The Labute approximate surface area is 154 Å². The van der Waals surface area contributed by atoms with Crippen LogP contribution in [0.4, 0.5) is 0 Å². The molecule has 0 spiro atoms. The third-order valence-corrected chi connectivity index (χ3v) is 3.72. The zero-order chi connectivity index (χ0) is 18.8. The van der Waals surface area contributed by atoms with Gasteiger partial charge in [-0.05, 0) is 26.3 Å². The molecule has 7 nitrogen and oxygen atoms in total. The van der Waals surface area contributed by atoms with Crippen molar-refractivity contribution in [2.45, 2.75) is 40.0 Å². The summed E-state index contributed by atoms with van der Waals surface area (Å²) >= 11 is 0. The summed E-state index contributed by atoms with van der Waals surface area (Å²) in [5, 5.41) is 16.3. The van der Waals surface area contributed by atoms with Crippen molar-refractivity contribution in [3.8, 4) is 0 Å². The molecule has 1 aromatic heterocycles. The molecule has 2 aromatic rings. The Bertz CT molecular complexity index is 666. The average Bonchev–Trinajstić information content (AvgIpc) is 2.96. The SMILES string of the molecule is CCNC(=NCc1nc(C)c(C)o1)NCC(O)COCc1ccccc1. The van der Waals surface area contributed by atoms with Gasteiger partial charge in [0.05, 0.1) is 25.0 Å². The summed E-state index contributed by atoms with van der Waals surface area (Å²) < 4.78 is 11.1. The summed E-state index contributed by atoms with van der Waals surface area (Å²) in [7, 11) is 0. The third kappa shape index (κ3) is 6.85. The minimum Gasteiger partial charge on any atom is -0.444 e. The molecule has 0 aliphatic heterocycles. The highest BCUT2D eigenvalue weighted by atomic mass is 16.5. The normalized spacial score (nSPS) is 12.8. The van der Waals surface area contributed by atoms with Crippen LogP contribution < -0.4 is 10.6 Å². The molecule has 7 heteroatoms. The smallest absolute Gasteiger partial charge is 0.216 e. The van der Waals surface area contributed by atoms with Crippen LogP contribution in [0.1, 0.15) is 29.8 Å². The van der Waals surface area contributed by atoms with E-state index in [1.807, 2.05) is 51.1 Å². The molecule has 0 aliphatic rings. The third-order valence-electron chi connectivity index (χ3n) is 3.72. The minimum atomic E-state index is -0.631. The van der Waals surface area contributed by atoms with Gasteiger partial charge in [-0.2, -0.15) is 0 Å². The topological polar surface area (TPSA) is 91.9 Å². The first-order chi connectivity index (χ1) is 12.6. The Balaban J connectivity index is 1.74. The molecular formula is C19H28N4O3. The highest BCUT2D eigenvalue weighted by molar-refractivity contribution is 5.79. The van der Waals surface area contributed by atoms with E-state index in [1.165, 1.54) is 0 Å². The standard InChI is InChI=1S/C19H28N4O3/c1-4-20-19(22-11-18-23-14(2)15(3)26-18)21-10-17(24)13-25-12-16-8-6-5-7-9-16/h5-9,17,24H,4,10-13H2,1-3H3,(H2,20,21,22). The Kier molecular flexibility index (Phi) is 8.11. The molecule has 0 radical (unpaired) electrons. The fourth-order valence-electron chi connectivity index (χ4n) is 2.26. The quantitative estimate of drug-likeness (QED) is 0.467. The molecule has 0 saturated carbocycles. The van der Waals surface area contributed by atoms with E-state index in [0.29, 0.717) is 31.5 Å². The van der Waals surface area contributed by atoms with E-state index in [4.69, 9.17) is 9.15 Å². The number of hydrogen-bond acceptors (Lipinski definition) is 5. The summed E-state index contributed by atoms with van der Waals surface area (Å²) in [6, 6.07) is 9.88. The number of nitrogens with zero attached hydrogens (tertiary/aromatic N) is 2. The minimum absolute atomic E-state index is 0.249. The van der Waals surface area contributed by atoms with Gasteiger partial charge in [0.25, 0.3) is 0 Å². The van der Waals surface area contributed by atoms with Crippen LogP contribution in [-0.4, -0.2) is 41.9 Å². The van der Waals surface area contributed by atoms with Crippen molar-refractivity contribution < 1.29 is 14.3 Å². The van der Waals surface area contributed by atoms with E-state index in [1.54, 1.807) is 0 Å². The van der Waals surface area contributed by atoms with Crippen LogP contribution >= 0.6 is 0 Å². The number of aliphatic imine (C=N–C) groups is 1. The van der Waals surface area contributed by atoms with E-state index in [-0.39, 0.29) is 6.61 Å². The summed E-state index contributed by atoms with van der Waals surface area (Å²) in [6.45, 7) is 7.89. The first kappa shape index (κ1) is 19.9. The van der Waals surface area contributed by atoms with Gasteiger partial charge in [-0.3, -0.25) is 0 Å². The number of guanidine groups is 1. The summed E-state index contributed by atoms with van der Waals surface area (Å²) in [5.74, 6) is 1.98. The van der Waals surface area contributed by atoms with Crippen LogP contribution in [-0.2, 0) is 17.9 Å². The maximum Gasteiger partial charge on any atom is 0.216 e. The van der Waals surface area contributed by atoms with Crippen molar-refractivity contribution in [3.05, 3.63) is 53.2 Å². The number of hydrogen-bond donors (Lipinski definition) is 3. The number of oxazole rings is 1. The van der Waals surface area contributed by atoms with E-state index >= 15 is 0 Å². The maximum atomic E-state index is 10.1. The van der Waals surface area contributed by atoms with E-state index in [2.05, 4.69) is 20.6 Å². The predicted octanol–water partition coefficient (Wildman–Crippen LogP) is 1.92. The van der Waals surface area contributed by atoms with Crippen molar-refractivity contribution in [3.63, 3.8) is 0 Å². The lowest BCUT2D eigenvalue weighted by Crippen LogP contribution is -2.42. The fourth-order valence-corrected chi connectivity index (χ4v) is 2.26. The molecule has 1 atom stereocenters. The molecule has 0 fully saturated rings. The number of aliphatic hydroxyl groups is 1. The van der Waals surface area contributed by atoms with E-state index in [0.717, 1.165) is 23.6 Å². The van der Waals surface area contributed by atoms with Gasteiger partial charge < -0.3 is 24.9 Å². The molecule has 0 bridgehead atoms. The molecule has 142 valence electrons. The summed E-state index contributed by atoms with van der Waals surface area (Å²) in [5.41, 5.74) is 1.96. The number of benzene rings is 1. The van der Waals surface area contributed by atoms with E-state index < -0.39 is 6.10 Å². The zero-order valence-electron chi connectivity index (χ0n) is 15.7. The second-order valence-corrected chi connectivity index (χ2v) is 5.98. The van der Waals surface area contributed by atoms with Gasteiger partial charge in [0.2, 0.25) is 5.89 Å². The molecule has 26 heavy (non-hydrogen) atoms. The molecule has 1 heterocycles. The lowest BCUT2D eigenvalue weighted by atomic mass is 10.2. The monoisotopic (exact) mass is 360 g/mol. The first-order valence-corrected chi connectivity index (χ1v) is 8.83. The molecule has 3 N–H and O–H groups in total. The zero-order valence-corrected chi connectivity index (χ0v) is 15.7. The second-order valence-electron chi connectivity index (χ2n) is 5.98. The average molecular weight is 360 g/mol. The predicted molar refractivity (Wildman–Crippen MR) is 101 cm³/mol. The molecular weight excluding hydrogens is 332 g/mol. The van der Waals surface area contributed by atoms with Gasteiger partial charge in [0, 0.05) is 13.1 Å². The van der Waals surface area contributed by atoms with Gasteiger partial charge >= 0.3 is 0 Å². The Morgan fingerprint density at radius 1 is 1.27 bits per heavy atom. The first-order valence-electron chi connectivity index (χ1n) is 8.83. The van der Waals surface area contributed by atoms with Gasteiger partial charge in [0.15, 0.2) is 5.96 Å². The molecule has 0 aliphatic carbocycles. The lowest BCUT2D eigenvalue weighted by Gasteiger charge is -2.15. The van der Waals surface area contributed by atoms with Crippen LogP contribution in [0.25, 0.3) is 0 Å². The molecule has 1 unspecified atom stereocenters. The lowest BCUT2D eigenvalue weighted by molar-refractivity contribution is 0.0308. The summed E-state index contributed by atoms with van der Waals surface area (Å²) in [4.78, 5) is 8.73. The number of aromatic nitrogens is 1. The summed E-state index contributed by atoms with van der Waals surface area (Å²) in [6.07, 6.45) is -0.631. The van der Waals surface area contributed by atoms with Crippen LogP contribution in [0.2, 0.25) is 0 Å². The van der Waals surface area contributed by atoms with Crippen molar-refractivity contribution in [1.82, 2.24) is 15.6 Å². The van der Waals surface area contributed by atoms with Gasteiger partial charge in [-0.15, -0.1) is 0 Å². The van der Waals surface area contributed by atoms with Gasteiger partial charge in [-0.1, -0.05) is 30.3 Å². The van der Waals surface area contributed by atoms with Crippen LogP contribution in [0.3, 0.4) is 0 Å². The Morgan fingerprint density at radius 3 is 2.69 bits per heavy atom. The Morgan fingerprint density at radius 2 is 2.04 bits per heavy atom. The van der Waals surface area contributed by atoms with Crippen molar-refractivity contribution >= 4 is 5.96 Å². The van der Waals surface area contributed by atoms with Gasteiger partial charge in [0.1, 0.15) is 12.3 Å². The highest BCUT2D eigenvalue weighted by Gasteiger charge is 2.08. The van der Waals surface area contributed by atoms with Crippen LogP contribution in [0.5, 0.6) is 0 Å². The Hall–Kier alpha value is -2.38. The number of aliphatic hydroxyl groups excluding tert-OH is 1.